The van der Waals surface area contributed by atoms with Crippen molar-refractivity contribution in [3.8, 4) is 0 Å². The summed E-state index contributed by atoms with van der Waals surface area (Å²) in [5, 5.41) is 0. The first-order valence-corrected chi connectivity index (χ1v) is 10.8. The standard InChI is InChI=1S/C23H27F3N4O3/c1-14(15-5-4-6-16(19(15)24)20(25)26)28-21-17-11-30(12-18(17)29(2)13-27-21)22(31)23(32-3)7-9-33-10-8-23/h4-6,13-14,20H,7-12H2,1-3H3/t14-/m1/s1. The summed E-state index contributed by atoms with van der Waals surface area (Å²) in [4.78, 5) is 24.0. The maximum absolute atomic E-state index is 14.6. The summed E-state index contributed by atoms with van der Waals surface area (Å²) < 4.78 is 53.7. The zero-order chi connectivity index (χ0) is 23.8. The summed E-state index contributed by atoms with van der Waals surface area (Å²) in [7, 11) is 3.37. The van der Waals surface area contributed by atoms with Gasteiger partial charge in [-0.1, -0.05) is 18.2 Å². The number of alkyl halides is 2. The molecule has 2 aromatic rings. The molecule has 0 aliphatic carbocycles. The summed E-state index contributed by atoms with van der Waals surface area (Å²) >= 11 is 0. The Kier molecular flexibility index (Phi) is 6.58. The van der Waals surface area contributed by atoms with E-state index in [9.17, 15) is 18.0 Å². The van der Waals surface area contributed by atoms with Gasteiger partial charge >= 0.3 is 0 Å². The van der Waals surface area contributed by atoms with Gasteiger partial charge in [0.2, 0.25) is 0 Å². The van der Waals surface area contributed by atoms with E-state index in [-0.39, 0.29) is 18.0 Å². The van der Waals surface area contributed by atoms with Crippen molar-refractivity contribution in [1.82, 2.24) is 14.5 Å². The first-order valence-electron chi connectivity index (χ1n) is 10.8. The number of hydrogen-bond donors (Lipinski definition) is 0. The lowest BCUT2D eigenvalue weighted by atomic mass is 9.92. The van der Waals surface area contributed by atoms with E-state index < -0.39 is 29.4 Å². The number of carbonyl (C=O) groups excluding carboxylic acids is 1. The molecule has 0 bridgehead atoms. The average molecular weight is 464 g/mol. The zero-order valence-electron chi connectivity index (χ0n) is 18.9. The molecule has 0 N–H and O–H groups in total. The van der Waals surface area contributed by atoms with Gasteiger partial charge in [-0.15, -0.1) is 0 Å². The number of halogens is 3. The Morgan fingerprint density at radius 2 is 1.94 bits per heavy atom. The van der Waals surface area contributed by atoms with Crippen LogP contribution in [-0.2, 0) is 34.4 Å². The van der Waals surface area contributed by atoms with Gasteiger partial charge in [-0.05, 0) is 6.92 Å². The van der Waals surface area contributed by atoms with E-state index in [0.717, 1.165) is 17.3 Å². The average Bonchev–Trinajstić information content (AvgIpc) is 3.27. The van der Waals surface area contributed by atoms with Crippen molar-refractivity contribution in [1.29, 1.82) is 0 Å². The molecule has 0 radical (unpaired) electrons. The van der Waals surface area contributed by atoms with Crippen LogP contribution >= 0.6 is 0 Å². The predicted molar refractivity (Wildman–Crippen MR) is 113 cm³/mol. The van der Waals surface area contributed by atoms with E-state index in [2.05, 4.69) is 9.98 Å². The van der Waals surface area contributed by atoms with Crippen LogP contribution in [0.1, 0.15) is 54.6 Å². The molecular weight excluding hydrogens is 437 g/mol. The van der Waals surface area contributed by atoms with Gasteiger partial charge in [-0.25, -0.2) is 18.2 Å². The number of nitrogens with zero attached hydrogens (tertiary/aromatic N) is 4. The zero-order valence-corrected chi connectivity index (χ0v) is 18.9. The van der Waals surface area contributed by atoms with Crippen LogP contribution in [0, 0.1) is 5.82 Å². The number of benzene rings is 1. The molecule has 1 amide bonds. The third kappa shape index (κ3) is 4.29. The number of amides is 1. The Morgan fingerprint density at radius 3 is 2.61 bits per heavy atom. The predicted octanol–water partition coefficient (Wildman–Crippen LogP) is 3.20. The van der Waals surface area contributed by atoms with Crippen LogP contribution in [0.2, 0.25) is 0 Å². The number of rotatable bonds is 5. The number of aromatic nitrogens is 2. The van der Waals surface area contributed by atoms with Crippen LogP contribution < -0.4 is 5.49 Å². The number of ether oxygens (including phenoxy) is 2. The molecule has 1 aromatic carbocycles. The Balaban J connectivity index is 1.66. The molecule has 4 rings (SSSR count). The fourth-order valence-electron chi connectivity index (χ4n) is 4.49. The highest BCUT2D eigenvalue weighted by atomic mass is 19.3. The van der Waals surface area contributed by atoms with Gasteiger partial charge in [0, 0.05) is 57.0 Å². The Labute approximate surface area is 189 Å². The van der Waals surface area contributed by atoms with Gasteiger partial charge < -0.3 is 18.9 Å². The highest BCUT2D eigenvalue weighted by molar-refractivity contribution is 5.86. The third-order valence-electron chi connectivity index (χ3n) is 6.51. The van der Waals surface area contributed by atoms with Crippen molar-refractivity contribution in [3.05, 3.63) is 58.2 Å². The van der Waals surface area contributed by atoms with E-state index in [4.69, 9.17) is 9.47 Å². The first kappa shape index (κ1) is 23.4. The summed E-state index contributed by atoms with van der Waals surface area (Å²) in [5.74, 6) is -1.07. The quantitative estimate of drug-likeness (QED) is 0.682. The maximum Gasteiger partial charge on any atom is 0.266 e. The molecule has 1 aromatic heterocycles. The van der Waals surface area contributed by atoms with E-state index in [1.807, 2.05) is 11.6 Å². The number of fused-ring (bicyclic) bond motifs is 1. The summed E-state index contributed by atoms with van der Waals surface area (Å²) in [6.45, 7) is 3.20. The summed E-state index contributed by atoms with van der Waals surface area (Å²) in [5.41, 5.74) is 0.489. The second-order valence-corrected chi connectivity index (χ2v) is 8.43. The molecule has 1 atom stereocenters. The lowest BCUT2D eigenvalue weighted by Crippen LogP contribution is -2.52. The van der Waals surface area contributed by atoms with E-state index in [0.29, 0.717) is 38.1 Å². The largest absolute Gasteiger partial charge is 0.381 e. The van der Waals surface area contributed by atoms with E-state index in [1.165, 1.54) is 12.1 Å². The van der Waals surface area contributed by atoms with Crippen LogP contribution in [0.25, 0.3) is 0 Å². The lowest BCUT2D eigenvalue weighted by Gasteiger charge is -2.37. The number of aryl methyl sites for hydroxylation is 1. The van der Waals surface area contributed by atoms with Crippen molar-refractivity contribution >= 4 is 5.91 Å². The lowest BCUT2D eigenvalue weighted by molar-refractivity contribution is -0.167. The molecule has 2 aliphatic rings. The Bertz CT molecular complexity index is 1110. The van der Waals surface area contributed by atoms with Crippen LogP contribution in [0.3, 0.4) is 0 Å². The number of carbonyl (C=O) groups is 1. The minimum atomic E-state index is -2.91. The van der Waals surface area contributed by atoms with Crippen molar-refractivity contribution < 1.29 is 27.4 Å². The highest BCUT2D eigenvalue weighted by Crippen LogP contribution is 2.31. The van der Waals surface area contributed by atoms with Crippen molar-refractivity contribution in [2.75, 3.05) is 20.3 Å². The first-order chi connectivity index (χ1) is 15.8. The van der Waals surface area contributed by atoms with Gasteiger partial charge in [0.05, 0.1) is 31.0 Å². The molecule has 0 spiro atoms. The van der Waals surface area contributed by atoms with Crippen molar-refractivity contribution in [2.24, 2.45) is 12.0 Å². The Hall–Kier alpha value is -2.72. The van der Waals surface area contributed by atoms with Crippen molar-refractivity contribution in [2.45, 2.75) is 50.9 Å². The van der Waals surface area contributed by atoms with Crippen LogP contribution in [0.4, 0.5) is 13.2 Å². The summed E-state index contributed by atoms with van der Waals surface area (Å²) in [6.07, 6.45) is -0.362. The normalized spacial score (nSPS) is 19.1. The molecular formula is C23H27F3N4O3. The maximum atomic E-state index is 14.6. The fourth-order valence-corrected chi connectivity index (χ4v) is 4.49. The molecule has 0 unspecified atom stereocenters. The minimum absolute atomic E-state index is 0.0723. The van der Waals surface area contributed by atoms with E-state index >= 15 is 0 Å². The topological polar surface area (TPSA) is 69.0 Å². The molecule has 7 nitrogen and oxygen atoms in total. The molecule has 1 fully saturated rings. The van der Waals surface area contributed by atoms with Gasteiger partial charge in [-0.2, -0.15) is 0 Å². The number of methoxy groups -OCH3 is 1. The van der Waals surface area contributed by atoms with Gasteiger partial charge in [0.25, 0.3) is 12.3 Å². The third-order valence-corrected chi connectivity index (χ3v) is 6.51. The molecule has 33 heavy (non-hydrogen) atoms. The second kappa shape index (κ2) is 9.26. The molecule has 178 valence electrons. The molecule has 10 heteroatoms. The van der Waals surface area contributed by atoms with E-state index in [1.54, 1.807) is 25.3 Å². The SMILES string of the molecule is COC1(C(=O)N2Cc3c(n(C)cnc3=N[C@H](C)c3cccc(C(F)F)c3F)C2)CCOCC1. The van der Waals surface area contributed by atoms with Crippen LogP contribution in [-0.4, -0.2) is 46.3 Å². The van der Waals surface area contributed by atoms with Gasteiger partial charge in [0.1, 0.15) is 5.82 Å². The highest BCUT2D eigenvalue weighted by Gasteiger charge is 2.44. The molecule has 2 aliphatic heterocycles. The van der Waals surface area contributed by atoms with Gasteiger partial charge in [0.15, 0.2) is 11.1 Å². The Morgan fingerprint density at radius 1 is 1.24 bits per heavy atom. The molecule has 1 saturated heterocycles. The smallest absolute Gasteiger partial charge is 0.266 e. The summed E-state index contributed by atoms with van der Waals surface area (Å²) in [6, 6.07) is 3.17. The fraction of sp³-hybridized carbons (Fsp3) is 0.522. The number of hydrogen-bond acceptors (Lipinski definition) is 5. The van der Waals surface area contributed by atoms with Gasteiger partial charge in [-0.3, -0.25) is 9.79 Å². The van der Waals surface area contributed by atoms with Crippen LogP contribution in [0.15, 0.2) is 29.5 Å². The second-order valence-electron chi connectivity index (χ2n) is 8.43. The monoisotopic (exact) mass is 464 g/mol. The molecule has 0 saturated carbocycles. The minimum Gasteiger partial charge on any atom is -0.381 e. The van der Waals surface area contributed by atoms with Crippen LogP contribution in [0.5, 0.6) is 0 Å². The molecule has 3 heterocycles. The van der Waals surface area contributed by atoms with Crippen molar-refractivity contribution in [3.63, 3.8) is 0 Å².